The molecule has 0 aromatic carbocycles. The van der Waals surface area contributed by atoms with Crippen LogP contribution in [0, 0.1) is 5.92 Å². The molecule has 0 saturated carbocycles. The quantitative estimate of drug-likeness (QED) is 0.496. The van der Waals surface area contributed by atoms with Crippen LogP contribution >= 0.6 is 12.6 Å². The molecule has 0 aromatic rings. The molecule has 3 amide bonds. The Hall–Kier alpha value is -1.28. The van der Waals surface area contributed by atoms with Crippen LogP contribution in [0.15, 0.2) is 0 Å². The lowest BCUT2D eigenvalue weighted by Crippen LogP contribution is -2.51. The van der Waals surface area contributed by atoms with Crippen LogP contribution in [0.5, 0.6) is 0 Å². The summed E-state index contributed by atoms with van der Waals surface area (Å²) in [5.74, 6) is -0.389. The van der Waals surface area contributed by atoms with Gasteiger partial charge in [-0.2, -0.15) is 12.6 Å². The molecule has 23 heavy (non-hydrogen) atoms. The fourth-order valence-electron chi connectivity index (χ4n) is 3.54. The number of piperidine rings is 1. The van der Waals surface area contributed by atoms with Crippen molar-refractivity contribution in [2.45, 2.75) is 44.2 Å². The third-order valence-corrected chi connectivity index (χ3v) is 5.15. The van der Waals surface area contributed by atoms with Gasteiger partial charge in [-0.1, -0.05) is 0 Å². The van der Waals surface area contributed by atoms with Crippen LogP contribution in [0.4, 0.5) is 0 Å². The van der Waals surface area contributed by atoms with E-state index in [1.807, 2.05) is 0 Å². The lowest BCUT2D eigenvalue weighted by molar-refractivity contribution is -0.130. The lowest BCUT2D eigenvalue weighted by atomic mass is 9.82. The fourth-order valence-corrected chi connectivity index (χ4v) is 3.64. The van der Waals surface area contributed by atoms with E-state index >= 15 is 0 Å². The molecule has 0 aliphatic carbocycles. The van der Waals surface area contributed by atoms with E-state index in [2.05, 4.69) is 23.3 Å². The molecule has 2 saturated heterocycles. The molecule has 2 aliphatic rings. The number of nitrogens with one attached hydrogen (secondary N) is 2. The molecule has 2 aliphatic heterocycles. The molecule has 2 unspecified atom stereocenters. The van der Waals surface area contributed by atoms with Gasteiger partial charge in [0.05, 0.1) is 18.4 Å². The first-order valence-electron chi connectivity index (χ1n) is 7.98. The van der Waals surface area contributed by atoms with Gasteiger partial charge in [-0.05, 0) is 25.7 Å². The van der Waals surface area contributed by atoms with Gasteiger partial charge >= 0.3 is 0 Å². The zero-order chi connectivity index (χ0) is 17.0. The summed E-state index contributed by atoms with van der Waals surface area (Å²) in [4.78, 5) is 36.9. The Kier molecular flexibility index (Phi) is 5.91. The van der Waals surface area contributed by atoms with Gasteiger partial charge in [0.1, 0.15) is 0 Å². The minimum absolute atomic E-state index is 0.0279. The van der Waals surface area contributed by atoms with Crippen molar-refractivity contribution in [3.8, 4) is 0 Å². The van der Waals surface area contributed by atoms with Gasteiger partial charge in [0.2, 0.25) is 17.7 Å². The van der Waals surface area contributed by atoms with Gasteiger partial charge in [0.25, 0.3) is 0 Å². The molecule has 130 valence electrons. The van der Waals surface area contributed by atoms with Gasteiger partial charge in [0, 0.05) is 31.5 Å². The van der Waals surface area contributed by atoms with Gasteiger partial charge in [-0.25, -0.2) is 0 Å². The van der Waals surface area contributed by atoms with Crippen molar-refractivity contribution in [2.75, 3.05) is 25.4 Å². The van der Waals surface area contributed by atoms with Crippen molar-refractivity contribution in [3.05, 3.63) is 0 Å². The van der Waals surface area contributed by atoms with Crippen LogP contribution in [0.25, 0.3) is 0 Å². The number of aliphatic hydroxyl groups is 1. The largest absolute Gasteiger partial charge is 0.394 e. The molecule has 2 heterocycles. The number of carbonyl (C=O) groups excluding carboxylic acids is 3. The molecule has 2 fully saturated rings. The number of nitrogens with zero attached hydrogens (tertiary/aromatic N) is 1. The first-order chi connectivity index (χ1) is 10.9. The summed E-state index contributed by atoms with van der Waals surface area (Å²) in [5.41, 5.74) is -0.249. The Morgan fingerprint density at radius 2 is 2.13 bits per heavy atom. The topological polar surface area (TPSA) is 98.7 Å². The molecule has 0 aromatic heterocycles. The van der Waals surface area contributed by atoms with E-state index in [-0.39, 0.29) is 41.5 Å². The summed E-state index contributed by atoms with van der Waals surface area (Å²) in [5, 5.41) is 15.2. The van der Waals surface area contributed by atoms with Gasteiger partial charge in [-0.3, -0.25) is 14.4 Å². The number of rotatable bonds is 5. The van der Waals surface area contributed by atoms with E-state index in [0.29, 0.717) is 25.9 Å². The van der Waals surface area contributed by atoms with E-state index in [1.54, 1.807) is 11.8 Å². The highest BCUT2D eigenvalue weighted by Crippen LogP contribution is 2.36. The fraction of sp³-hybridized carbons (Fsp3) is 0.800. The number of hydrogen-bond acceptors (Lipinski definition) is 5. The maximum atomic E-state index is 12.3. The van der Waals surface area contributed by atoms with Crippen molar-refractivity contribution < 1.29 is 19.5 Å². The van der Waals surface area contributed by atoms with Crippen LogP contribution in [-0.2, 0) is 14.4 Å². The summed E-state index contributed by atoms with van der Waals surface area (Å²) >= 11 is 3.89. The zero-order valence-corrected chi connectivity index (χ0v) is 14.3. The molecule has 0 radical (unpaired) electrons. The highest BCUT2D eigenvalue weighted by molar-refractivity contribution is 7.81. The van der Waals surface area contributed by atoms with Gasteiger partial charge in [0.15, 0.2) is 0 Å². The highest BCUT2D eigenvalue weighted by Gasteiger charge is 2.46. The van der Waals surface area contributed by atoms with Crippen LogP contribution < -0.4 is 10.6 Å². The first kappa shape index (κ1) is 18.1. The van der Waals surface area contributed by atoms with Crippen molar-refractivity contribution >= 4 is 30.4 Å². The van der Waals surface area contributed by atoms with E-state index in [1.165, 1.54) is 0 Å². The maximum absolute atomic E-state index is 12.3. The Bertz CT molecular complexity index is 477. The Morgan fingerprint density at radius 3 is 2.65 bits per heavy atom. The Labute approximate surface area is 141 Å². The monoisotopic (exact) mass is 343 g/mol. The number of thiol groups is 1. The number of carbonyl (C=O) groups is 3. The minimum atomic E-state index is -0.433. The number of amides is 3. The van der Waals surface area contributed by atoms with Crippen LogP contribution in [-0.4, -0.2) is 64.8 Å². The van der Waals surface area contributed by atoms with E-state index in [0.717, 1.165) is 12.8 Å². The summed E-state index contributed by atoms with van der Waals surface area (Å²) in [7, 11) is 0. The first-order valence-corrected chi connectivity index (χ1v) is 8.61. The highest BCUT2D eigenvalue weighted by atomic mass is 32.1. The lowest BCUT2D eigenvalue weighted by Gasteiger charge is -2.39. The molecule has 2 rings (SSSR count). The van der Waals surface area contributed by atoms with Crippen molar-refractivity contribution in [1.82, 2.24) is 15.5 Å². The number of hydrogen-bond donors (Lipinski definition) is 4. The molecule has 1 spiro atoms. The molecule has 2 atom stereocenters. The standard InChI is InChI=1S/C15H25N3O4S/c1-10(20)18-4-2-15(3-5-18)7-11(14(22)17-15)6-12(8-19)16-13(21)9-23/h11-12,19,23H,2-9H2,1H3,(H,16,21)(H,17,22). The summed E-state index contributed by atoms with van der Waals surface area (Å²) < 4.78 is 0. The maximum Gasteiger partial charge on any atom is 0.230 e. The molecule has 3 N–H and O–H groups in total. The Balaban J connectivity index is 1.92. The summed E-state index contributed by atoms with van der Waals surface area (Å²) in [6.07, 6.45) is 2.61. The smallest absolute Gasteiger partial charge is 0.230 e. The summed E-state index contributed by atoms with van der Waals surface area (Å²) in [6, 6.07) is -0.433. The average Bonchev–Trinajstić information content (AvgIpc) is 2.82. The molecule has 8 heteroatoms. The van der Waals surface area contributed by atoms with Gasteiger partial charge in [-0.15, -0.1) is 0 Å². The third kappa shape index (κ3) is 4.38. The second-order valence-corrected chi connectivity index (χ2v) is 6.83. The average molecular weight is 343 g/mol. The minimum Gasteiger partial charge on any atom is -0.394 e. The SMILES string of the molecule is CC(=O)N1CCC2(CC1)CC(CC(CO)NC(=O)CS)C(=O)N2. The van der Waals surface area contributed by atoms with Crippen molar-refractivity contribution in [1.29, 1.82) is 0 Å². The van der Waals surface area contributed by atoms with Crippen LogP contribution in [0.1, 0.15) is 32.6 Å². The van der Waals surface area contributed by atoms with E-state index in [4.69, 9.17) is 0 Å². The van der Waals surface area contributed by atoms with E-state index in [9.17, 15) is 19.5 Å². The normalized spacial score (nSPS) is 24.4. The predicted octanol–water partition coefficient (Wildman–Crippen LogP) is -0.699. The van der Waals surface area contributed by atoms with Gasteiger partial charge < -0.3 is 20.6 Å². The molecular formula is C15H25N3O4S. The van der Waals surface area contributed by atoms with Crippen molar-refractivity contribution in [2.24, 2.45) is 5.92 Å². The van der Waals surface area contributed by atoms with Crippen LogP contribution in [0.2, 0.25) is 0 Å². The van der Waals surface area contributed by atoms with Crippen LogP contribution in [0.3, 0.4) is 0 Å². The second kappa shape index (κ2) is 7.53. The number of aliphatic hydroxyl groups excluding tert-OH is 1. The zero-order valence-electron chi connectivity index (χ0n) is 13.4. The molecule has 7 nitrogen and oxygen atoms in total. The number of likely N-dealkylation sites (tertiary alicyclic amines) is 1. The summed E-state index contributed by atoms with van der Waals surface area (Å²) in [6.45, 7) is 2.67. The van der Waals surface area contributed by atoms with E-state index < -0.39 is 6.04 Å². The predicted molar refractivity (Wildman–Crippen MR) is 88.0 cm³/mol. The third-order valence-electron chi connectivity index (χ3n) is 4.86. The Morgan fingerprint density at radius 1 is 1.48 bits per heavy atom. The molecular weight excluding hydrogens is 318 g/mol. The van der Waals surface area contributed by atoms with Crippen molar-refractivity contribution in [3.63, 3.8) is 0 Å². The second-order valence-electron chi connectivity index (χ2n) is 6.52. The molecule has 0 bridgehead atoms.